The number of rotatable bonds is 6. The van der Waals surface area contributed by atoms with Gasteiger partial charge in [-0.25, -0.2) is 4.98 Å². The zero-order chi connectivity index (χ0) is 20.8. The quantitative estimate of drug-likeness (QED) is 0.324. The van der Waals surface area contributed by atoms with E-state index < -0.39 is 5.25 Å². The van der Waals surface area contributed by atoms with Crippen LogP contribution in [0.2, 0.25) is 0 Å². The average Bonchev–Trinajstić information content (AvgIpc) is 2.74. The van der Waals surface area contributed by atoms with Crippen LogP contribution in [0, 0.1) is 11.3 Å². The highest BCUT2D eigenvalue weighted by atomic mass is 79.9. The third kappa shape index (κ3) is 5.06. The van der Waals surface area contributed by atoms with Crippen LogP contribution in [-0.2, 0) is 9.53 Å². The molecule has 0 saturated heterocycles. The number of benzene rings is 2. The summed E-state index contributed by atoms with van der Waals surface area (Å²) in [6, 6.07) is 21.8. The fourth-order valence-corrected chi connectivity index (χ4v) is 3.99. The molecule has 0 fully saturated rings. The molecule has 0 saturated carbocycles. The van der Waals surface area contributed by atoms with Crippen LogP contribution in [0.4, 0.5) is 0 Å². The van der Waals surface area contributed by atoms with Crippen molar-refractivity contribution in [2.24, 2.45) is 0 Å². The Morgan fingerprint density at radius 1 is 1.17 bits per heavy atom. The van der Waals surface area contributed by atoms with E-state index in [-0.39, 0.29) is 5.97 Å². The number of halogens is 1. The molecular weight excluding hydrogens is 448 g/mol. The summed E-state index contributed by atoms with van der Waals surface area (Å²) in [5.41, 5.74) is 3.85. The number of hydrogen-bond acceptors (Lipinski definition) is 5. The van der Waals surface area contributed by atoms with Crippen LogP contribution in [0.5, 0.6) is 0 Å². The largest absolute Gasteiger partial charge is 0.465 e. The van der Waals surface area contributed by atoms with E-state index in [0.29, 0.717) is 17.2 Å². The predicted octanol–water partition coefficient (Wildman–Crippen LogP) is 6.09. The van der Waals surface area contributed by atoms with Crippen molar-refractivity contribution in [2.45, 2.75) is 24.1 Å². The van der Waals surface area contributed by atoms with E-state index >= 15 is 0 Å². The first-order chi connectivity index (χ1) is 14.0. The number of thioether (sulfide) groups is 1. The van der Waals surface area contributed by atoms with Crippen molar-refractivity contribution in [1.82, 2.24) is 4.98 Å². The van der Waals surface area contributed by atoms with E-state index in [2.05, 4.69) is 22.0 Å². The van der Waals surface area contributed by atoms with Crippen LogP contribution in [0.15, 0.2) is 70.2 Å². The maximum absolute atomic E-state index is 12.1. The van der Waals surface area contributed by atoms with Crippen LogP contribution in [0.3, 0.4) is 0 Å². The topological polar surface area (TPSA) is 63.0 Å². The van der Waals surface area contributed by atoms with Crippen LogP contribution in [0.1, 0.15) is 19.4 Å². The lowest BCUT2D eigenvalue weighted by Crippen LogP contribution is -2.17. The number of carbonyl (C=O) groups is 1. The van der Waals surface area contributed by atoms with Gasteiger partial charge < -0.3 is 4.74 Å². The second kappa shape index (κ2) is 9.73. The Bertz CT molecular complexity index is 1050. The molecule has 0 bridgehead atoms. The van der Waals surface area contributed by atoms with Gasteiger partial charge in [0.25, 0.3) is 0 Å². The molecule has 6 heteroatoms. The Hall–Kier alpha value is -2.62. The summed E-state index contributed by atoms with van der Waals surface area (Å²) in [5.74, 6) is -0.321. The first-order valence-electron chi connectivity index (χ1n) is 9.13. The molecule has 0 spiro atoms. The highest BCUT2D eigenvalue weighted by molar-refractivity contribution is 9.10. The van der Waals surface area contributed by atoms with Gasteiger partial charge in [-0.3, -0.25) is 4.79 Å². The van der Waals surface area contributed by atoms with Gasteiger partial charge in [-0.15, -0.1) is 0 Å². The van der Waals surface area contributed by atoms with Crippen molar-refractivity contribution in [3.8, 4) is 28.5 Å². The van der Waals surface area contributed by atoms with Crippen LogP contribution in [-0.4, -0.2) is 22.8 Å². The number of pyridine rings is 1. The molecule has 4 nitrogen and oxygen atoms in total. The van der Waals surface area contributed by atoms with Gasteiger partial charge in [-0.05, 0) is 37.6 Å². The first-order valence-corrected chi connectivity index (χ1v) is 10.8. The highest BCUT2D eigenvalue weighted by Gasteiger charge is 2.22. The SMILES string of the molecule is CCOC(=O)[C@@H](C)Sc1nc(-c2ccc(Br)cc2)cc(-c2ccccc2)c1C#N. The molecule has 29 heavy (non-hydrogen) atoms. The monoisotopic (exact) mass is 466 g/mol. The van der Waals surface area contributed by atoms with Gasteiger partial charge >= 0.3 is 5.97 Å². The molecule has 0 N–H and O–H groups in total. The van der Waals surface area contributed by atoms with Gasteiger partial charge in [-0.1, -0.05) is 70.2 Å². The number of esters is 1. The molecule has 3 aromatic rings. The van der Waals surface area contributed by atoms with Crippen LogP contribution < -0.4 is 0 Å². The molecular formula is C23H19BrN2O2S. The summed E-state index contributed by atoms with van der Waals surface area (Å²) in [7, 11) is 0. The molecule has 1 aromatic heterocycles. The first kappa shape index (κ1) is 21.1. The van der Waals surface area contributed by atoms with E-state index in [9.17, 15) is 10.1 Å². The summed E-state index contributed by atoms with van der Waals surface area (Å²) in [4.78, 5) is 16.9. The molecule has 0 unspecified atom stereocenters. The minimum absolute atomic E-state index is 0.316. The van der Waals surface area contributed by atoms with E-state index in [1.807, 2.05) is 60.7 Å². The van der Waals surface area contributed by atoms with E-state index in [1.165, 1.54) is 11.8 Å². The second-order valence-corrected chi connectivity index (χ2v) is 8.48. The molecule has 2 aromatic carbocycles. The predicted molar refractivity (Wildman–Crippen MR) is 119 cm³/mol. The van der Waals surface area contributed by atoms with Gasteiger partial charge in [0.2, 0.25) is 0 Å². The third-order valence-electron chi connectivity index (χ3n) is 4.23. The molecule has 1 heterocycles. The number of hydrogen-bond donors (Lipinski definition) is 0. The molecule has 146 valence electrons. The van der Waals surface area contributed by atoms with Crippen LogP contribution >= 0.6 is 27.7 Å². The van der Waals surface area contributed by atoms with Gasteiger partial charge in [0, 0.05) is 15.6 Å². The molecule has 0 aliphatic rings. The lowest BCUT2D eigenvalue weighted by atomic mass is 9.99. The molecule has 3 rings (SSSR count). The smallest absolute Gasteiger partial charge is 0.319 e. The fraction of sp³-hybridized carbons (Fsp3) is 0.174. The summed E-state index contributed by atoms with van der Waals surface area (Å²) in [6.07, 6.45) is 0. The maximum atomic E-state index is 12.1. The Balaban J connectivity index is 2.15. The Morgan fingerprint density at radius 2 is 1.86 bits per heavy atom. The standard InChI is InChI=1S/C23H19BrN2O2S/c1-3-28-23(27)15(2)29-22-20(14-25)19(16-7-5-4-6-8-16)13-21(26-22)17-9-11-18(24)12-10-17/h4-13,15H,3H2,1-2H3/t15-/m1/s1. The lowest BCUT2D eigenvalue weighted by Gasteiger charge is -2.15. The van der Waals surface area contributed by atoms with Crippen molar-refractivity contribution >= 4 is 33.7 Å². The highest BCUT2D eigenvalue weighted by Crippen LogP contribution is 2.36. The molecule has 0 aliphatic carbocycles. The number of nitrogens with zero attached hydrogens (tertiary/aromatic N) is 2. The summed E-state index contributed by atoms with van der Waals surface area (Å²) in [6.45, 7) is 3.85. The third-order valence-corrected chi connectivity index (χ3v) is 5.82. The van der Waals surface area contributed by atoms with Crippen molar-refractivity contribution in [2.75, 3.05) is 6.61 Å². The molecule has 0 aliphatic heterocycles. The van der Waals surface area contributed by atoms with Crippen molar-refractivity contribution in [1.29, 1.82) is 5.26 Å². The number of ether oxygens (including phenoxy) is 1. The normalized spacial score (nSPS) is 11.5. The summed E-state index contributed by atoms with van der Waals surface area (Å²) >= 11 is 4.70. The van der Waals surface area contributed by atoms with E-state index in [1.54, 1.807) is 13.8 Å². The maximum Gasteiger partial charge on any atom is 0.319 e. The average molecular weight is 467 g/mol. The van der Waals surface area contributed by atoms with Gasteiger partial charge in [0.1, 0.15) is 16.3 Å². The zero-order valence-corrected chi connectivity index (χ0v) is 18.5. The summed E-state index contributed by atoms with van der Waals surface area (Å²) < 4.78 is 6.09. The molecule has 1 atom stereocenters. The van der Waals surface area contributed by atoms with E-state index in [0.717, 1.165) is 26.9 Å². The second-order valence-electron chi connectivity index (χ2n) is 6.23. The minimum Gasteiger partial charge on any atom is -0.465 e. The van der Waals surface area contributed by atoms with Crippen molar-refractivity contribution in [3.05, 3.63) is 70.7 Å². The van der Waals surface area contributed by atoms with Gasteiger partial charge in [-0.2, -0.15) is 5.26 Å². The Morgan fingerprint density at radius 3 is 2.48 bits per heavy atom. The van der Waals surface area contributed by atoms with E-state index in [4.69, 9.17) is 9.72 Å². The summed E-state index contributed by atoms with van der Waals surface area (Å²) in [5, 5.41) is 9.93. The molecule has 0 radical (unpaired) electrons. The minimum atomic E-state index is -0.474. The Labute approximate surface area is 183 Å². The van der Waals surface area contributed by atoms with Gasteiger partial charge in [0.05, 0.1) is 17.9 Å². The fourth-order valence-electron chi connectivity index (χ4n) is 2.80. The molecule has 0 amide bonds. The van der Waals surface area contributed by atoms with Gasteiger partial charge in [0.15, 0.2) is 0 Å². The lowest BCUT2D eigenvalue weighted by molar-refractivity contribution is -0.142. The number of carbonyl (C=O) groups excluding carboxylic acids is 1. The number of aromatic nitrogens is 1. The zero-order valence-electron chi connectivity index (χ0n) is 16.1. The van der Waals surface area contributed by atoms with Crippen molar-refractivity contribution < 1.29 is 9.53 Å². The van der Waals surface area contributed by atoms with Crippen molar-refractivity contribution in [3.63, 3.8) is 0 Å². The van der Waals surface area contributed by atoms with Crippen LogP contribution in [0.25, 0.3) is 22.4 Å². The Kier molecular flexibility index (Phi) is 7.08. The number of nitriles is 1.